The van der Waals surface area contributed by atoms with Crippen LogP contribution in [0, 0.1) is 0 Å². The molecular formula is C9H13N2O2+. The highest BCUT2D eigenvalue weighted by Crippen LogP contribution is 2.07. The summed E-state index contributed by atoms with van der Waals surface area (Å²) >= 11 is 0. The number of carboxylic acid groups (broad SMARTS) is 1. The second kappa shape index (κ2) is 3.91. The lowest BCUT2D eigenvalue weighted by Gasteiger charge is -2.05. The first-order valence-corrected chi connectivity index (χ1v) is 3.92. The van der Waals surface area contributed by atoms with Gasteiger partial charge < -0.3 is 16.6 Å². The van der Waals surface area contributed by atoms with Gasteiger partial charge in [0, 0.05) is 5.69 Å². The molecule has 0 unspecified atom stereocenters. The molecular weight excluding hydrogens is 168 g/mol. The summed E-state index contributed by atoms with van der Waals surface area (Å²) in [5.74, 6) is -0.989. The standard InChI is InChI=1S/C9H12N2O2/c10-7-3-1-6(2-4-7)5-8(11)9(12)13/h1-4,8H,5,10-11H2,(H,12,13)/p+1/t8-/m0/s1. The number of benzene rings is 1. The first kappa shape index (κ1) is 9.54. The van der Waals surface area contributed by atoms with Gasteiger partial charge >= 0.3 is 7.40 Å². The molecule has 1 atom stereocenters. The highest BCUT2D eigenvalue weighted by Gasteiger charge is 2.11. The van der Waals surface area contributed by atoms with Crippen LogP contribution in [0.2, 0.25) is 0 Å². The fraction of sp³-hybridized carbons (Fsp3) is 0.222. The van der Waals surface area contributed by atoms with Crippen LogP contribution in [0.5, 0.6) is 0 Å². The number of hydrogen-bond donors (Lipinski definition) is 3. The lowest BCUT2D eigenvalue weighted by Crippen LogP contribution is -2.32. The quantitative estimate of drug-likeness (QED) is 0.586. The van der Waals surface area contributed by atoms with Crippen molar-refractivity contribution in [1.82, 2.24) is 0 Å². The van der Waals surface area contributed by atoms with Gasteiger partial charge in [0.15, 0.2) is 0 Å². The Morgan fingerprint density at radius 2 is 2.00 bits per heavy atom. The van der Waals surface area contributed by atoms with Gasteiger partial charge in [0.2, 0.25) is 0 Å². The van der Waals surface area contributed by atoms with Crippen LogP contribution in [-0.4, -0.2) is 17.1 Å². The van der Waals surface area contributed by atoms with Crippen LogP contribution in [0.15, 0.2) is 24.3 Å². The van der Waals surface area contributed by atoms with Crippen LogP contribution in [0.25, 0.3) is 0 Å². The zero-order valence-electron chi connectivity index (χ0n) is 8.10. The topological polar surface area (TPSA) is 89.3 Å². The maximum absolute atomic E-state index is 10.4. The van der Waals surface area contributed by atoms with Crippen LogP contribution in [0.1, 0.15) is 6.99 Å². The number of anilines is 1. The van der Waals surface area contributed by atoms with E-state index in [9.17, 15) is 4.79 Å². The molecule has 0 saturated heterocycles. The summed E-state index contributed by atoms with van der Waals surface area (Å²) in [7, 11) is 0. The second-order valence-electron chi connectivity index (χ2n) is 2.89. The number of carboxylic acids is 1. The molecule has 0 aromatic heterocycles. The van der Waals surface area contributed by atoms with Crippen molar-refractivity contribution in [2.75, 3.05) is 5.73 Å². The second-order valence-corrected chi connectivity index (χ2v) is 2.89. The van der Waals surface area contributed by atoms with E-state index in [4.69, 9.17) is 16.6 Å². The molecule has 1 rings (SSSR count). The molecule has 13 heavy (non-hydrogen) atoms. The van der Waals surface area contributed by atoms with Crippen molar-refractivity contribution >= 4 is 11.7 Å². The molecule has 0 heterocycles. The zero-order chi connectivity index (χ0) is 9.84. The van der Waals surface area contributed by atoms with E-state index >= 15 is 0 Å². The summed E-state index contributed by atoms with van der Waals surface area (Å²) in [5, 5.41) is 8.55. The fourth-order valence-corrected chi connectivity index (χ4v) is 0.995. The fourth-order valence-electron chi connectivity index (χ4n) is 0.995. The van der Waals surface area contributed by atoms with Gasteiger partial charge in [-0.1, -0.05) is 12.1 Å². The Hall–Kier alpha value is -1.55. The van der Waals surface area contributed by atoms with Gasteiger partial charge in [-0.15, -0.1) is 0 Å². The Labute approximate surface area is 77.6 Å². The summed E-state index contributed by atoms with van der Waals surface area (Å²) in [4.78, 5) is 10.4. The van der Waals surface area contributed by atoms with Crippen molar-refractivity contribution in [1.29, 1.82) is 0 Å². The number of carbonyl (C=O) groups is 1. The Morgan fingerprint density at radius 1 is 1.46 bits per heavy atom. The van der Waals surface area contributed by atoms with Gasteiger partial charge in [0.25, 0.3) is 0 Å². The van der Waals surface area contributed by atoms with E-state index in [1.807, 2.05) is 0 Å². The molecule has 0 spiro atoms. The molecule has 1 aromatic rings. The number of nitrogens with two attached hydrogens (primary N) is 2. The molecule has 0 aliphatic rings. The third kappa shape index (κ3) is 2.76. The van der Waals surface area contributed by atoms with Gasteiger partial charge in [-0.25, -0.2) is 0 Å². The maximum atomic E-state index is 10.4. The first-order chi connectivity index (χ1) is 6.09. The van der Waals surface area contributed by atoms with Crippen molar-refractivity contribution in [2.45, 2.75) is 12.5 Å². The monoisotopic (exact) mass is 181 g/mol. The average molecular weight is 181 g/mol. The van der Waals surface area contributed by atoms with E-state index in [1.165, 1.54) is 0 Å². The molecule has 1 aromatic carbocycles. The van der Waals surface area contributed by atoms with Crippen LogP contribution in [0.4, 0.5) is 5.69 Å². The Kier molecular flexibility index (Phi) is 2.87. The van der Waals surface area contributed by atoms with Gasteiger partial charge in [0.05, 0.1) is 0 Å². The van der Waals surface area contributed by atoms with Gasteiger partial charge in [-0.2, -0.15) is 0 Å². The predicted molar refractivity (Wildman–Crippen MR) is 51.3 cm³/mol. The molecule has 0 aliphatic carbocycles. The van der Waals surface area contributed by atoms with Crippen molar-refractivity contribution < 1.29 is 11.3 Å². The van der Waals surface area contributed by atoms with Crippen LogP contribution >= 0.6 is 0 Å². The number of rotatable bonds is 3. The molecule has 0 bridgehead atoms. The molecule has 4 nitrogen and oxygen atoms in total. The van der Waals surface area contributed by atoms with E-state index in [1.54, 1.807) is 24.3 Å². The zero-order valence-corrected chi connectivity index (χ0v) is 7.10. The number of aliphatic carboxylic acids is 1. The third-order valence-electron chi connectivity index (χ3n) is 1.75. The largest absolute Gasteiger partial charge is 1.00 e. The lowest BCUT2D eigenvalue weighted by atomic mass is 10.1. The van der Waals surface area contributed by atoms with E-state index in [0.717, 1.165) is 5.56 Å². The minimum absolute atomic E-state index is 0. The molecule has 0 amide bonds. The van der Waals surface area contributed by atoms with E-state index in [0.29, 0.717) is 12.1 Å². The highest BCUT2D eigenvalue weighted by atomic mass is 16.4. The van der Waals surface area contributed by atoms with E-state index < -0.39 is 12.0 Å². The lowest BCUT2D eigenvalue weighted by molar-refractivity contribution is -0.138. The minimum atomic E-state index is -0.989. The predicted octanol–water partition coefficient (Wildman–Crippen LogP) is 0.336. The van der Waals surface area contributed by atoms with E-state index in [2.05, 4.69) is 0 Å². The Morgan fingerprint density at radius 3 is 2.46 bits per heavy atom. The van der Waals surface area contributed by atoms with Gasteiger partial charge in [-0.3, -0.25) is 4.79 Å². The Balaban J connectivity index is 0.00000169. The number of nitrogen functional groups attached to an aromatic ring is 1. The number of hydrogen-bond acceptors (Lipinski definition) is 3. The molecule has 0 fully saturated rings. The Bertz CT molecular complexity index is 300. The van der Waals surface area contributed by atoms with E-state index in [-0.39, 0.29) is 1.43 Å². The summed E-state index contributed by atoms with van der Waals surface area (Å²) in [6, 6.07) is 6.16. The van der Waals surface area contributed by atoms with Crippen LogP contribution < -0.4 is 11.5 Å². The molecule has 4 heteroatoms. The molecule has 0 radical (unpaired) electrons. The smallest absolute Gasteiger partial charge is 0.480 e. The molecule has 70 valence electrons. The van der Waals surface area contributed by atoms with Gasteiger partial charge in [-0.05, 0) is 24.1 Å². The average Bonchev–Trinajstić information content (AvgIpc) is 2.08. The van der Waals surface area contributed by atoms with Crippen molar-refractivity contribution in [2.24, 2.45) is 5.73 Å². The molecule has 0 aliphatic heterocycles. The third-order valence-corrected chi connectivity index (χ3v) is 1.75. The van der Waals surface area contributed by atoms with Crippen molar-refractivity contribution in [3.05, 3.63) is 29.8 Å². The summed E-state index contributed by atoms with van der Waals surface area (Å²) < 4.78 is 0. The molecule has 5 N–H and O–H groups in total. The van der Waals surface area contributed by atoms with Crippen LogP contribution in [0.3, 0.4) is 0 Å². The van der Waals surface area contributed by atoms with Crippen molar-refractivity contribution in [3.8, 4) is 0 Å². The summed E-state index contributed by atoms with van der Waals surface area (Å²) in [6.45, 7) is 0. The SMILES string of the molecule is Nc1ccc(C[C@H](N)C(=O)O)cc1.[H+]. The highest BCUT2D eigenvalue weighted by molar-refractivity contribution is 5.73. The van der Waals surface area contributed by atoms with Gasteiger partial charge in [0.1, 0.15) is 6.04 Å². The van der Waals surface area contributed by atoms with Crippen LogP contribution in [-0.2, 0) is 11.2 Å². The summed E-state index contributed by atoms with van der Waals surface area (Å²) in [6.07, 6.45) is 0.329. The first-order valence-electron chi connectivity index (χ1n) is 3.92. The normalized spacial score (nSPS) is 12.4. The summed E-state index contributed by atoms with van der Waals surface area (Å²) in [5.41, 5.74) is 12.4. The maximum Gasteiger partial charge on any atom is 1.00 e. The molecule has 0 saturated carbocycles. The van der Waals surface area contributed by atoms with Crippen molar-refractivity contribution in [3.63, 3.8) is 0 Å². The minimum Gasteiger partial charge on any atom is -0.480 e.